The van der Waals surface area contributed by atoms with Crippen LogP contribution in [-0.4, -0.2) is 32.8 Å². The maximum absolute atomic E-state index is 11.9. The van der Waals surface area contributed by atoms with Crippen LogP contribution in [0, 0.1) is 6.92 Å². The largest absolute Gasteiger partial charge is 0.453 e. The summed E-state index contributed by atoms with van der Waals surface area (Å²) in [5, 5.41) is 0.997. The summed E-state index contributed by atoms with van der Waals surface area (Å²) < 4.78 is 30.9. The zero-order valence-corrected chi connectivity index (χ0v) is 14.3. The van der Waals surface area contributed by atoms with E-state index in [1.165, 1.54) is 6.08 Å². The number of rotatable bonds is 6. The third-order valence-corrected chi connectivity index (χ3v) is 4.75. The predicted octanol–water partition coefficient (Wildman–Crippen LogP) is 1.94. The van der Waals surface area contributed by atoms with Crippen molar-refractivity contribution >= 4 is 27.9 Å². The van der Waals surface area contributed by atoms with E-state index in [0.29, 0.717) is 12.8 Å². The highest BCUT2D eigenvalue weighted by atomic mass is 32.2. The summed E-state index contributed by atoms with van der Waals surface area (Å²) in [6, 6.07) is 7.34. The van der Waals surface area contributed by atoms with Crippen LogP contribution >= 0.6 is 0 Å². The second-order valence-corrected chi connectivity index (χ2v) is 7.42. The summed E-state index contributed by atoms with van der Waals surface area (Å²) in [6.07, 6.45) is 3.25. The topological polar surface area (TPSA) is 89.5 Å². The lowest BCUT2D eigenvalue weighted by Crippen LogP contribution is -2.35. The van der Waals surface area contributed by atoms with E-state index >= 15 is 0 Å². The van der Waals surface area contributed by atoms with Crippen molar-refractivity contribution in [1.29, 1.82) is 0 Å². The molecule has 24 heavy (non-hydrogen) atoms. The van der Waals surface area contributed by atoms with E-state index in [1.54, 1.807) is 12.1 Å². The van der Waals surface area contributed by atoms with E-state index in [4.69, 9.17) is 4.74 Å². The first-order valence-corrected chi connectivity index (χ1v) is 9.37. The van der Waals surface area contributed by atoms with Gasteiger partial charge in [0.1, 0.15) is 6.54 Å². The van der Waals surface area contributed by atoms with Gasteiger partial charge in [0.15, 0.2) is 11.9 Å². The molecule has 1 fully saturated rings. The van der Waals surface area contributed by atoms with E-state index < -0.39 is 28.6 Å². The monoisotopic (exact) mass is 351 g/mol. The second kappa shape index (κ2) is 8.21. The van der Waals surface area contributed by atoms with Gasteiger partial charge in [-0.25, -0.2) is 13.1 Å². The zero-order chi connectivity index (χ0) is 17.6. The number of carbonyl (C=O) groups is 2. The van der Waals surface area contributed by atoms with Gasteiger partial charge in [0.25, 0.3) is 0 Å². The second-order valence-electron chi connectivity index (χ2n) is 5.77. The first-order chi connectivity index (χ1) is 11.4. The Balaban J connectivity index is 1.84. The Kier molecular flexibility index (Phi) is 6.28. The molecular formula is C17H21NO5S. The van der Waals surface area contributed by atoms with Gasteiger partial charge in [0.05, 0.1) is 0 Å². The van der Waals surface area contributed by atoms with Crippen LogP contribution in [0.25, 0.3) is 6.08 Å². The van der Waals surface area contributed by atoms with Crippen LogP contribution in [0.2, 0.25) is 0 Å². The van der Waals surface area contributed by atoms with E-state index in [-0.39, 0.29) is 5.78 Å². The number of nitrogens with one attached hydrogen (secondary N) is 1. The van der Waals surface area contributed by atoms with Crippen molar-refractivity contribution in [3.05, 3.63) is 40.8 Å². The molecule has 130 valence electrons. The molecule has 0 aliphatic heterocycles. The first-order valence-electron chi connectivity index (χ1n) is 7.82. The third kappa shape index (κ3) is 5.90. The SMILES string of the molecule is Cc1ccc(/C=C/S(=O)(=O)NCC(=O)O[C@@H]2CCCCC2=O)cc1. The normalized spacial score (nSPS) is 18.7. The predicted molar refractivity (Wildman–Crippen MR) is 90.5 cm³/mol. The van der Waals surface area contributed by atoms with Crippen LogP contribution < -0.4 is 4.72 Å². The van der Waals surface area contributed by atoms with Gasteiger partial charge in [-0.1, -0.05) is 29.8 Å². The van der Waals surface area contributed by atoms with Gasteiger partial charge in [-0.2, -0.15) is 0 Å². The van der Waals surface area contributed by atoms with Crippen LogP contribution in [-0.2, 0) is 24.3 Å². The number of aryl methyl sites for hydroxylation is 1. The molecular weight excluding hydrogens is 330 g/mol. The molecule has 1 saturated carbocycles. The summed E-state index contributed by atoms with van der Waals surface area (Å²) >= 11 is 0. The van der Waals surface area contributed by atoms with Crippen LogP contribution in [0.3, 0.4) is 0 Å². The van der Waals surface area contributed by atoms with Crippen molar-refractivity contribution < 1.29 is 22.7 Å². The van der Waals surface area contributed by atoms with Gasteiger partial charge in [0.2, 0.25) is 10.0 Å². The lowest BCUT2D eigenvalue weighted by molar-refractivity contribution is -0.155. The number of esters is 1. The number of carbonyl (C=O) groups excluding carboxylic acids is 2. The molecule has 0 amide bonds. The van der Waals surface area contributed by atoms with Crippen LogP contribution in [0.4, 0.5) is 0 Å². The summed E-state index contributed by atoms with van der Waals surface area (Å²) in [5.74, 6) is -0.848. The summed E-state index contributed by atoms with van der Waals surface area (Å²) in [7, 11) is -3.76. The van der Waals surface area contributed by atoms with Crippen molar-refractivity contribution in [3.8, 4) is 0 Å². The van der Waals surface area contributed by atoms with Gasteiger partial charge in [-0.3, -0.25) is 9.59 Å². The Hall–Kier alpha value is -1.99. The molecule has 1 N–H and O–H groups in total. The van der Waals surface area contributed by atoms with Gasteiger partial charge >= 0.3 is 5.97 Å². The van der Waals surface area contributed by atoms with Crippen LogP contribution in [0.5, 0.6) is 0 Å². The quantitative estimate of drug-likeness (QED) is 0.791. The summed E-state index contributed by atoms with van der Waals surface area (Å²) in [4.78, 5) is 23.3. The number of benzene rings is 1. The standard InChI is InChI=1S/C17H21NO5S/c1-13-6-8-14(9-7-13)10-11-24(21,22)18-12-17(20)23-16-5-3-2-4-15(16)19/h6-11,16,18H,2-5,12H2,1H3/b11-10+/t16-/m1/s1. The molecule has 1 atom stereocenters. The summed E-state index contributed by atoms with van der Waals surface area (Å²) in [6.45, 7) is 1.44. The minimum absolute atomic E-state index is 0.100. The van der Waals surface area contributed by atoms with Crippen molar-refractivity contribution in [2.75, 3.05) is 6.54 Å². The molecule has 1 aromatic carbocycles. The molecule has 0 saturated heterocycles. The molecule has 0 radical (unpaired) electrons. The van der Waals surface area contributed by atoms with E-state index in [9.17, 15) is 18.0 Å². The van der Waals surface area contributed by atoms with Gasteiger partial charge in [-0.05, 0) is 37.8 Å². The average molecular weight is 351 g/mol. The molecule has 1 aliphatic carbocycles. The number of ether oxygens (including phenoxy) is 1. The molecule has 6 nitrogen and oxygen atoms in total. The average Bonchev–Trinajstić information content (AvgIpc) is 2.55. The fraction of sp³-hybridized carbons (Fsp3) is 0.412. The molecule has 2 rings (SSSR count). The Bertz CT molecular complexity index is 722. The zero-order valence-electron chi connectivity index (χ0n) is 13.5. The molecule has 0 bridgehead atoms. The number of sulfonamides is 1. The molecule has 0 aromatic heterocycles. The lowest BCUT2D eigenvalue weighted by Gasteiger charge is -2.20. The number of Topliss-reactive ketones (excluding diaryl/α,β-unsaturated/α-hetero) is 1. The Labute approximate surface area is 141 Å². The third-order valence-electron chi connectivity index (χ3n) is 3.71. The van der Waals surface area contributed by atoms with Crippen molar-refractivity contribution in [2.45, 2.75) is 38.7 Å². The highest BCUT2D eigenvalue weighted by Crippen LogP contribution is 2.17. The fourth-order valence-electron chi connectivity index (χ4n) is 2.33. The van der Waals surface area contributed by atoms with Crippen LogP contribution in [0.1, 0.15) is 36.8 Å². The van der Waals surface area contributed by atoms with Gasteiger partial charge in [0, 0.05) is 11.8 Å². The highest BCUT2D eigenvalue weighted by molar-refractivity contribution is 7.92. The minimum Gasteiger partial charge on any atom is -0.453 e. The van der Waals surface area contributed by atoms with Crippen molar-refractivity contribution in [3.63, 3.8) is 0 Å². The first kappa shape index (κ1) is 18.4. The Morgan fingerprint density at radius 3 is 2.67 bits per heavy atom. The van der Waals surface area contributed by atoms with Crippen molar-refractivity contribution in [2.24, 2.45) is 0 Å². The fourth-order valence-corrected chi connectivity index (χ4v) is 3.08. The van der Waals surface area contributed by atoms with Crippen LogP contribution in [0.15, 0.2) is 29.7 Å². The number of hydrogen-bond donors (Lipinski definition) is 1. The van der Waals surface area contributed by atoms with E-state index in [0.717, 1.165) is 29.4 Å². The molecule has 1 aliphatic rings. The van der Waals surface area contributed by atoms with Gasteiger partial charge < -0.3 is 4.74 Å². The highest BCUT2D eigenvalue weighted by Gasteiger charge is 2.25. The maximum atomic E-state index is 11.9. The number of ketones is 1. The smallest absolute Gasteiger partial charge is 0.321 e. The van der Waals surface area contributed by atoms with Gasteiger partial charge in [-0.15, -0.1) is 0 Å². The van der Waals surface area contributed by atoms with E-state index in [1.807, 2.05) is 19.1 Å². The van der Waals surface area contributed by atoms with Crippen molar-refractivity contribution in [1.82, 2.24) is 4.72 Å². The minimum atomic E-state index is -3.76. The molecule has 7 heteroatoms. The molecule has 0 spiro atoms. The molecule has 0 unspecified atom stereocenters. The Morgan fingerprint density at radius 1 is 1.29 bits per heavy atom. The number of hydrogen-bond acceptors (Lipinski definition) is 5. The lowest BCUT2D eigenvalue weighted by atomic mass is 9.96. The molecule has 1 aromatic rings. The summed E-state index contributed by atoms with van der Waals surface area (Å²) in [5.41, 5.74) is 1.81. The Morgan fingerprint density at radius 2 is 2.00 bits per heavy atom. The maximum Gasteiger partial charge on any atom is 0.321 e. The van der Waals surface area contributed by atoms with E-state index in [2.05, 4.69) is 4.72 Å². The molecule has 0 heterocycles.